The molecule has 1 atom stereocenters. The molecule has 2 amide bonds. The number of esters is 1. The first kappa shape index (κ1) is 17.7. The van der Waals surface area contributed by atoms with Gasteiger partial charge in [-0.05, 0) is 24.3 Å². The molecule has 3 rings (SSSR count). The van der Waals surface area contributed by atoms with Crippen LogP contribution < -0.4 is 10.2 Å². The zero-order chi connectivity index (χ0) is 18.5. The molecule has 1 aliphatic heterocycles. The third-order valence-corrected chi connectivity index (χ3v) is 4.40. The summed E-state index contributed by atoms with van der Waals surface area (Å²) >= 11 is 0. The number of methoxy groups -OCH3 is 1. The average Bonchev–Trinajstić information content (AvgIpc) is 3.06. The fraction of sp³-hybridized carbons (Fsp3) is 0.250. The van der Waals surface area contributed by atoms with Crippen LogP contribution in [0.4, 0.5) is 5.69 Å². The van der Waals surface area contributed by atoms with Gasteiger partial charge in [0.05, 0.1) is 18.2 Å². The molecule has 26 heavy (non-hydrogen) atoms. The molecule has 2 aromatic carbocycles. The molecule has 134 valence electrons. The van der Waals surface area contributed by atoms with Crippen LogP contribution in [-0.2, 0) is 9.53 Å². The predicted molar refractivity (Wildman–Crippen MR) is 97.0 cm³/mol. The highest BCUT2D eigenvalue weighted by atomic mass is 16.5. The van der Waals surface area contributed by atoms with Gasteiger partial charge in [0.1, 0.15) is 0 Å². The Labute approximate surface area is 151 Å². The van der Waals surface area contributed by atoms with Crippen LogP contribution in [0.1, 0.15) is 27.1 Å². The summed E-state index contributed by atoms with van der Waals surface area (Å²) in [5, 5.41) is 2.83. The van der Waals surface area contributed by atoms with E-state index in [0.29, 0.717) is 19.5 Å². The molecule has 1 fully saturated rings. The smallest absolute Gasteiger partial charge is 0.338 e. The van der Waals surface area contributed by atoms with Crippen molar-refractivity contribution in [2.24, 2.45) is 5.92 Å². The average molecular weight is 352 g/mol. The molecular formula is C20H20N2O4. The van der Waals surface area contributed by atoms with E-state index in [1.165, 1.54) is 7.11 Å². The molecule has 0 saturated carbocycles. The summed E-state index contributed by atoms with van der Waals surface area (Å²) in [4.78, 5) is 38.2. The van der Waals surface area contributed by atoms with Crippen molar-refractivity contribution in [2.75, 3.05) is 25.1 Å². The fourth-order valence-corrected chi connectivity index (χ4v) is 3.08. The second kappa shape index (κ2) is 7.82. The Kier molecular flexibility index (Phi) is 5.31. The number of amides is 2. The van der Waals surface area contributed by atoms with Gasteiger partial charge in [0.25, 0.3) is 5.91 Å². The number of carbonyl (C=O) groups excluding carboxylic acids is 3. The number of benzene rings is 2. The summed E-state index contributed by atoms with van der Waals surface area (Å²) in [6.45, 7) is 0.922. The summed E-state index contributed by atoms with van der Waals surface area (Å²) in [6, 6.07) is 16.0. The van der Waals surface area contributed by atoms with Crippen LogP contribution in [0.3, 0.4) is 0 Å². The SMILES string of the molecule is COC(=O)c1ccccc1C(=O)NCC1CC(=O)N(c2ccccc2)C1. The molecule has 0 spiro atoms. The summed E-state index contributed by atoms with van der Waals surface area (Å²) < 4.78 is 4.71. The van der Waals surface area contributed by atoms with Crippen LogP contribution in [0.2, 0.25) is 0 Å². The van der Waals surface area contributed by atoms with E-state index in [1.807, 2.05) is 30.3 Å². The minimum absolute atomic E-state index is 0.0249. The summed E-state index contributed by atoms with van der Waals surface area (Å²) in [5.74, 6) is -0.832. The molecule has 1 aliphatic rings. The quantitative estimate of drug-likeness (QED) is 0.838. The van der Waals surface area contributed by atoms with Gasteiger partial charge in [-0.3, -0.25) is 9.59 Å². The lowest BCUT2D eigenvalue weighted by molar-refractivity contribution is -0.117. The minimum atomic E-state index is -0.554. The predicted octanol–water partition coefficient (Wildman–Crippen LogP) is 2.26. The maximum atomic E-state index is 12.5. The van der Waals surface area contributed by atoms with Crippen LogP contribution in [0, 0.1) is 5.92 Å². The molecule has 6 nitrogen and oxygen atoms in total. The molecule has 1 heterocycles. The second-order valence-corrected chi connectivity index (χ2v) is 6.16. The minimum Gasteiger partial charge on any atom is -0.465 e. The van der Waals surface area contributed by atoms with Gasteiger partial charge in [0.15, 0.2) is 0 Å². The van der Waals surface area contributed by atoms with E-state index >= 15 is 0 Å². The standard InChI is InChI=1S/C20H20N2O4/c1-26-20(25)17-10-6-5-9-16(17)19(24)21-12-14-11-18(23)22(13-14)15-7-3-2-4-8-15/h2-10,14H,11-13H2,1H3,(H,21,24). The van der Waals surface area contributed by atoms with Crippen LogP contribution in [0.5, 0.6) is 0 Å². The molecule has 1 saturated heterocycles. The molecule has 0 aliphatic carbocycles. The Hall–Kier alpha value is -3.15. The number of anilines is 1. The van der Waals surface area contributed by atoms with Gasteiger partial charge in [0.2, 0.25) is 5.91 Å². The maximum Gasteiger partial charge on any atom is 0.338 e. The van der Waals surface area contributed by atoms with E-state index in [-0.39, 0.29) is 28.9 Å². The lowest BCUT2D eigenvalue weighted by atomic mass is 10.1. The van der Waals surface area contributed by atoms with Crippen molar-refractivity contribution in [2.45, 2.75) is 6.42 Å². The third-order valence-electron chi connectivity index (χ3n) is 4.40. The first-order valence-electron chi connectivity index (χ1n) is 8.41. The number of rotatable bonds is 5. The zero-order valence-corrected chi connectivity index (χ0v) is 14.5. The molecule has 0 bridgehead atoms. The first-order chi connectivity index (χ1) is 12.6. The largest absolute Gasteiger partial charge is 0.465 e. The first-order valence-corrected chi connectivity index (χ1v) is 8.41. The molecule has 0 aromatic heterocycles. The molecule has 1 unspecified atom stereocenters. The molecule has 1 N–H and O–H groups in total. The van der Waals surface area contributed by atoms with E-state index < -0.39 is 5.97 Å². The van der Waals surface area contributed by atoms with Crippen molar-refractivity contribution in [1.82, 2.24) is 5.32 Å². The van der Waals surface area contributed by atoms with Crippen molar-refractivity contribution in [3.63, 3.8) is 0 Å². The van der Waals surface area contributed by atoms with E-state index in [2.05, 4.69) is 5.32 Å². The van der Waals surface area contributed by atoms with Gasteiger partial charge >= 0.3 is 5.97 Å². The Bertz CT molecular complexity index is 820. The Morgan fingerprint density at radius 2 is 1.73 bits per heavy atom. The van der Waals surface area contributed by atoms with Gasteiger partial charge < -0.3 is 15.0 Å². The number of hydrogen-bond donors (Lipinski definition) is 1. The maximum absolute atomic E-state index is 12.5. The number of ether oxygens (including phenoxy) is 1. The molecular weight excluding hydrogens is 332 g/mol. The van der Waals surface area contributed by atoms with E-state index in [1.54, 1.807) is 29.2 Å². The Balaban J connectivity index is 1.63. The Morgan fingerprint density at radius 1 is 1.08 bits per heavy atom. The van der Waals surface area contributed by atoms with Gasteiger partial charge in [-0.25, -0.2) is 4.79 Å². The monoisotopic (exact) mass is 352 g/mol. The van der Waals surface area contributed by atoms with Crippen LogP contribution in [0.25, 0.3) is 0 Å². The van der Waals surface area contributed by atoms with Gasteiger partial charge in [-0.1, -0.05) is 30.3 Å². The van der Waals surface area contributed by atoms with Crippen molar-refractivity contribution >= 4 is 23.5 Å². The van der Waals surface area contributed by atoms with E-state index in [4.69, 9.17) is 4.74 Å². The summed E-state index contributed by atoms with van der Waals surface area (Å²) in [5.41, 5.74) is 1.35. The third kappa shape index (κ3) is 3.74. The highest BCUT2D eigenvalue weighted by Gasteiger charge is 2.31. The zero-order valence-electron chi connectivity index (χ0n) is 14.5. The topological polar surface area (TPSA) is 75.7 Å². The van der Waals surface area contributed by atoms with Gasteiger partial charge in [0, 0.05) is 31.1 Å². The van der Waals surface area contributed by atoms with E-state index in [0.717, 1.165) is 5.69 Å². The second-order valence-electron chi connectivity index (χ2n) is 6.16. The van der Waals surface area contributed by atoms with Crippen molar-refractivity contribution in [3.8, 4) is 0 Å². The van der Waals surface area contributed by atoms with Crippen molar-refractivity contribution < 1.29 is 19.1 Å². The van der Waals surface area contributed by atoms with Crippen molar-refractivity contribution in [3.05, 3.63) is 65.7 Å². The van der Waals surface area contributed by atoms with E-state index in [9.17, 15) is 14.4 Å². The number of nitrogens with one attached hydrogen (secondary N) is 1. The fourth-order valence-electron chi connectivity index (χ4n) is 3.08. The molecule has 2 aromatic rings. The van der Waals surface area contributed by atoms with Gasteiger partial charge in [-0.15, -0.1) is 0 Å². The highest BCUT2D eigenvalue weighted by Crippen LogP contribution is 2.24. The number of carbonyl (C=O) groups is 3. The number of nitrogens with zero attached hydrogens (tertiary/aromatic N) is 1. The summed E-state index contributed by atoms with van der Waals surface area (Å²) in [7, 11) is 1.28. The molecule has 6 heteroatoms. The highest BCUT2D eigenvalue weighted by molar-refractivity contribution is 6.05. The van der Waals surface area contributed by atoms with Crippen LogP contribution in [0.15, 0.2) is 54.6 Å². The normalized spacial score (nSPS) is 16.4. The molecule has 0 radical (unpaired) electrons. The van der Waals surface area contributed by atoms with Gasteiger partial charge in [-0.2, -0.15) is 0 Å². The number of para-hydroxylation sites is 1. The van der Waals surface area contributed by atoms with Crippen LogP contribution >= 0.6 is 0 Å². The Morgan fingerprint density at radius 3 is 2.42 bits per heavy atom. The van der Waals surface area contributed by atoms with Crippen molar-refractivity contribution in [1.29, 1.82) is 0 Å². The summed E-state index contributed by atoms with van der Waals surface area (Å²) in [6.07, 6.45) is 0.383. The van der Waals surface area contributed by atoms with Crippen LogP contribution in [-0.4, -0.2) is 38.0 Å². The lowest BCUT2D eigenvalue weighted by Crippen LogP contribution is -2.32. The lowest BCUT2D eigenvalue weighted by Gasteiger charge is -2.17. The number of hydrogen-bond acceptors (Lipinski definition) is 4.